The highest BCUT2D eigenvalue weighted by atomic mass is 16.6. The van der Waals surface area contributed by atoms with E-state index in [0.29, 0.717) is 0 Å². The molecule has 0 aliphatic carbocycles. The molecule has 2 N–H and O–H groups in total. The van der Waals surface area contributed by atoms with Crippen molar-refractivity contribution in [3.05, 3.63) is 0 Å². The van der Waals surface area contributed by atoms with Gasteiger partial charge in [-0.05, 0) is 6.92 Å². The Morgan fingerprint density at radius 1 is 1.64 bits per heavy atom. The molecular weight excluding hydrogens is 152 g/mol. The highest BCUT2D eigenvalue weighted by molar-refractivity contribution is 5.86. The van der Waals surface area contributed by atoms with Crippen LogP contribution in [-0.4, -0.2) is 34.4 Å². The zero-order chi connectivity index (χ0) is 8.59. The molecule has 5 heteroatoms. The van der Waals surface area contributed by atoms with Crippen LogP contribution in [-0.2, 0) is 14.3 Å². The lowest BCUT2D eigenvalue weighted by Gasteiger charge is -2.07. The van der Waals surface area contributed by atoms with Crippen molar-refractivity contribution in [2.24, 2.45) is 5.92 Å². The molecule has 0 radical (unpaired) electrons. The molecule has 0 amide bonds. The zero-order valence-electron chi connectivity index (χ0n) is 5.85. The van der Waals surface area contributed by atoms with Gasteiger partial charge >= 0.3 is 11.9 Å². The van der Waals surface area contributed by atoms with Crippen molar-refractivity contribution in [1.82, 2.24) is 0 Å². The maximum Gasteiger partial charge on any atom is 0.336 e. The van der Waals surface area contributed by atoms with E-state index in [0.717, 1.165) is 0 Å². The molecule has 0 aromatic carbocycles. The van der Waals surface area contributed by atoms with Gasteiger partial charge < -0.3 is 14.9 Å². The van der Waals surface area contributed by atoms with Crippen molar-refractivity contribution in [2.45, 2.75) is 19.1 Å². The summed E-state index contributed by atoms with van der Waals surface area (Å²) in [7, 11) is 0. The van der Waals surface area contributed by atoms with Crippen LogP contribution in [0.4, 0.5) is 0 Å². The van der Waals surface area contributed by atoms with E-state index in [2.05, 4.69) is 4.74 Å². The Morgan fingerprint density at radius 2 is 2.18 bits per heavy atom. The van der Waals surface area contributed by atoms with Gasteiger partial charge in [0.1, 0.15) is 12.0 Å². The minimum absolute atomic E-state index is 0.741. The summed E-state index contributed by atoms with van der Waals surface area (Å²) in [5.41, 5.74) is 0. The second-order valence-electron chi connectivity index (χ2n) is 2.45. The number of carboxylic acid groups (broad SMARTS) is 1. The number of cyclic esters (lactones) is 1. The minimum Gasteiger partial charge on any atom is -0.481 e. The average Bonchev–Trinajstić information content (AvgIpc) is 2.07. The van der Waals surface area contributed by atoms with Crippen LogP contribution >= 0.6 is 0 Å². The van der Waals surface area contributed by atoms with Gasteiger partial charge in [0, 0.05) is 0 Å². The van der Waals surface area contributed by atoms with Crippen LogP contribution in [0, 0.1) is 5.92 Å². The number of carbonyl (C=O) groups excluding carboxylic acids is 1. The zero-order valence-corrected chi connectivity index (χ0v) is 5.85. The lowest BCUT2D eigenvalue weighted by molar-refractivity contribution is -0.148. The first-order valence-electron chi connectivity index (χ1n) is 3.15. The van der Waals surface area contributed by atoms with Crippen molar-refractivity contribution >= 4 is 11.9 Å². The van der Waals surface area contributed by atoms with Crippen LogP contribution in [0.15, 0.2) is 0 Å². The monoisotopic (exact) mass is 160 g/mol. The summed E-state index contributed by atoms with van der Waals surface area (Å²) in [6.45, 7) is 1.44. The Kier molecular flexibility index (Phi) is 1.82. The summed E-state index contributed by atoms with van der Waals surface area (Å²) in [4.78, 5) is 20.9. The molecule has 3 atom stereocenters. The smallest absolute Gasteiger partial charge is 0.336 e. The molecule has 5 nitrogen and oxygen atoms in total. The van der Waals surface area contributed by atoms with Gasteiger partial charge in [-0.2, -0.15) is 0 Å². The fraction of sp³-hybridized carbons (Fsp3) is 0.667. The summed E-state index contributed by atoms with van der Waals surface area (Å²) in [6, 6.07) is 0. The van der Waals surface area contributed by atoms with Crippen LogP contribution < -0.4 is 0 Å². The van der Waals surface area contributed by atoms with E-state index in [-0.39, 0.29) is 0 Å². The van der Waals surface area contributed by atoms with Gasteiger partial charge in [-0.1, -0.05) is 0 Å². The van der Waals surface area contributed by atoms with Crippen LogP contribution in [0.1, 0.15) is 6.92 Å². The highest BCUT2D eigenvalue weighted by Gasteiger charge is 2.45. The number of aliphatic carboxylic acids is 1. The van der Waals surface area contributed by atoms with Crippen LogP contribution in [0.3, 0.4) is 0 Å². The second-order valence-corrected chi connectivity index (χ2v) is 2.45. The largest absolute Gasteiger partial charge is 0.481 e. The fourth-order valence-electron chi connectivity index (χ4n) is 1.07. The van der Waals surface area contributed by atoms with Crippen molar-refractivity contribution in [2.75, 3.05) is 0 Å². The summed E-state index contributed by atoms with van der Waals surface area (Å²) in [5, 5.41) is 17.4. The maximum atomic E-state index is 10.6. The molecule has 1 saturated heterocycles. The molecule has 0 aromatic rings. The number of carboxylic acids is 1. The molecule has 1 aliphatic heterocycles. The second kappa shape index (κ2) is 2.50. The third-order valence-electron chi connectivity index (χ3n) is 1.67. The predicted molar refractivity (Wildman–Crippen MR) is 32.7 cm³/mol. The molecule has 3 unspecified atom stereocenters. The first-order valence-corrected chi connectivity index (χ1v) is 3.15. The van der Waals surface area contributed by atoms with Crippen molar-refractivity contribution in [3.63, 3.8) is 0 Å². The van der Waals surface area contributed by atoms with Gasteiger partial charge in [0.2, 0.25) is 0 Å². The van der Waals surface area contributed by atoms with E-state index < -0.39 is 30.1 Å². The molecule has 11 heavy (non-hydrogen) atoms. The minimum atomic E-state index is -1.51. The number of carbonyl (C=O) groups is 2. The molecule has 1 rings (SSSR count). The first-order chi connectivity index (χ1) is 5.04. The predicted octanol–water partition coefficient (Wildman–Crippen LogP) is -1.01. The van der Waals surface area contributed by atoms with Crippen molar-refractivity contribution in [1.29, 1.82) is 0 Å². The van der Waals surface area contributed by atoms with Gasteiger partial charge in [-0.15, -0.1) is 0 Å². The van der Waals surface area contributed by atoms with Gasteiger partial charge in [-0.3, -0.25) is 4.79 Å². The summed E-state index contributed by atoms with van der Waals surface area (Å²) in [6.07, 6.45) is -2.25. The van der Waals surface area contributed by atoms with Gasteiger partial charge in [0.05, 0.1) is 0 Å². The molecule has 1 fully saturated rings. The van der Waals surface area contributed by atoms with E-state index >= 15 is 0 Å². The Hall–Kier alpha value is -1.10. The van der Waals surface area contributed by atoms with Gasteiger partial charge in [-0.25, -0.2) is 4.79 Å². The Balaban J connectivity index is 2.79. The van der Waals surface area contributed by atoms with Crippen molar-refractivity contribution in [3.8, 4) is 0 Å². The molecule has 0 bridgehead atoms. The number of esters is 1. The number of ether oxygens (including phenoxy) is 1. The standard InChI is InChI=1S/C6H8O5/c1-2-3(5(8)9)4(7)6(10)11-2/h2-4,7H,1H3,(H,8,9). The number of hydrogen-bond donors (Lipinski definition) is 2. The van der Waals surface area contributed by atoms with E-state index in [9.17, 15) is 9.59 Å². The fourth-order valence-corrected chi connectivity index (χ4v) is 1.07. The average molecular weight is 160 g/mol. The molecule has 1 heterocycles. The quantitative estimate of drug-likeness (QED) is 0.480. The number of hydrogen-bond acceptors (Lipinski definition) is 4. The van der Waals surface area contributed by atoms with Crippen molar-refractivity contribution < 1.29 is 24.5 Å². The normalized spacial score (nSPS) is 36.9. The molecule has 1 aliphatic rings. The van der Waals surface area contributed by atoms with E-state index in [1.807, 2.05) is 0 Å². The topological polar surface area (TPSA) is 83.8 Å². The number of aliphatic hydroxyl groups excluding tert-OH is 1. The third kappa shape index (κ3) is 1.19. The number of aliphatic hydroxyl groups is 1. The van der Waals surface area contributed by atoms with Crippen LogP contribution in [0.2, 0.25) is 0 Å². The summed E-state index contributed by atoms with van der Waals surface area (Å²) in [5.74, 6) is -3.19. The Morgan fingerprint density at radius 3 is 2.36 bits per heavy atom. The summed E-state index contributed by atoms with van der Waals surface area (Å²) >= 11 is 0. The Labute approximate surface area is 62.6 Å². The lowest BCUT2D eigenvalue weighted by atomic mass is 10.0. The van der Waals surface area contributed by atoms with E-state index in [1.165, 1.54) is 6.92 Å². The van der Waals surface area contributed by atoms with Crippen LogP contribution in [0.25, 0.3) is 0 Å². The molecule has 0 saturated carbocycles. The third-order valence-corrected chi connectivity index (χ3v) is 1.67. The molecule has 0 spiro atoms. The summed E-state index contributed by atoms with van der Waals surface area (Å²) < 4.78 is 4.48. The highest BCUT2D eigenvalue weighted by Crippen LogP contribution is 2.22. The lowest BCUT2D eigenvalue weighted by Crippen LogP contribution is -2.31. The van der Waals surface area contributed by atoms with Gasteiger partial charge in [0.25, 0.3) is 0 Å². The Bertz CT molecular complexity index is 199. The first kappa shape index (κ1) is 8.00. The number of rotatable bonds is 1. The van der Waals surface area contributed by atoms with Gasteiger partial charge in [0.15, 0.2) is 6.10 Å². The van der Waals surface area contributed by atoms with E-state index in [1.54, 1.807) is 0 Å². The molecular formula is C6H8O5. The maximum absolute atomic E-state index is 10.6. The van der Waals surface area contributed by atoms with E-state index in [4.69, 9.17) is 10.2 Å². The SMILES string of the molecule is CC1OC(=O)C(O)C1C(=O)O. The molecule has 0 aromatic heterocycles. The molecule has 62 valence electrons. The van der Waals surface area contributed by atoms with Crippen LogP contribution in [0.5, 0.6) is 0 Å².